The molecule has 0 fully saturated rings. The van der Waals surface area contributed by atoms with Crippen molar-refractivity contribution < 1.29 is 13.5 Å². The van der Waals surface area contributed by atoms with Crippen LogP contribution in [0.4, 0.5) is 14.5 Å². The van der Waals surface area contributed by atoms with Crippen LogP contribution in [0.3, 0.4) is 0 Å². The predicted octanol–water partition coefficient (Wildman–Crippen LogP) is 3.44. The summed E-state index contributed by atoms with van der Waals surface area (Å²) in [5.41, 5.74) is -0.259. The van der Waals surface area contributed by atoms with Crippen molar-refractivity contribution in [2.75, 3.05) is 25.1 Å². The number of benzene rings is 1. The highest BCUT2D eigenvalue weighted by Gasteiger charge is 2.11. The molecule has 0 heterocycles. The fourth-order valence-corrected chi connectivity index (χ4v) is 1.95. The van der Waals surface area contributed by atoms with E-state index in [2.05, 4.69) is 26.6 Å². The number of nitrogens with one attached hydrogen (secondary N) is 2. The van der Waals surface area contributed by atoms with E-state index in [1.54, 1.807) is 0 Å². The molecule has 1 aromatic carbocycles. The number of hydrogen-bond acceptors (Lipinski definition) is 2. The van der Waals surface area contributed by atoms with Crippen molar-refractivity contribution in [2.24, 2.45) is 0 Å². The summed E-state index contributed by atoms with van der Waals surface area (Å²) in [7, 11) is 0. The molecule has 0 radical (unpaired) electrons. The van der Waals surface area contributed by atoms with Gasteiger partial charge in [0, 0.05) is 24.2 Å². The molecule has 0 atom stereocenters. The normalized spacial score (nSPS) is 10.3. The van der Waals surface area contributed by atoms with E-state index in [4.69, 9.17) is 17.0 Å². The molecule has 3 nitrogen and oxygen atoms in total. The Bertz CT molecular complexity index is 423. The standard InChI is InChI=1S/C12H15BrF2N2OS/c1-2-18-5-3-4-16-12(19)17-11-9(14)6-8(13)7-10(11)15/h6-7H,2-5H2,1H3,(H2,16,17,19). The summed E-state index contributed by atoms with van der Waals surface area (Å²) in [5.74, 6) is -1.41. The molecule has 0 unspecified atom stereocenters. The molecule has 0 bridgehead atoms. The van der Waals surface area contributed by atoms with E-state index in [9.17, 15) is 8.78 Å². The van der Waals surface area contributed by atoms with Crippen LogP contribution < -0.4 is 10.6 Å². The Balaban J connectivity index is 2.44. The van der Waals surface area contributed by atoms with Gasteiger partial charge in [-0.25, -0.2) is 8.78 Å². The number of rotatable bonds is 6. The SMILES string of the molecule is CCOCCCNC(=S)Nc1c(F)cc(Br)cc1F. The summed E-state index contributed by atoms with van der Waals surface area (Å²) in [4.78, 5) is 0. The van der Waals surface area contributed by atoms with Crippen LogP contribution in [0.25, 0.3) is 0 Å². The third-order valence-electron chi connectivity index (χ3n) is 2.20. The Morgan fingerprint density at radius 1 is 1.37 bits per heavy atom. The number of thiocarbonyl (C=S) groups is 1. The predicted molar refractivity (Wildman–Crippen MR) is 79.4 cm³/mol. The average Bonchev–Trinajstić information content (AvgIpc) is 2.33. The highest BCUT2D eigenvalue weighted by atomic mass is 79.9. The van der Waals surface area contributed by atoms with Gasteiger partial charge in [0.05, 0.1) is 0 Å². The maximum absolute atomic E-state index is 13.5. The van der Waals surface area contributed by atoms with Gasteiger partial charge in [0.25, 0.3) is 0 Å². The lowest BCUT2D eigenvalue weighted by Crippen LogP contribution is -2.30. The van der Waals surface area contributed by atoms with Gasteiger partial charge in [0.1, 0.15) is 5.69 Å². The zero-order valence-corrected chi connectivity index (χ0v) is 12.8. The first kappa shape index (κ1) is 16.3. The molecule has 0 spiro atoms. The molecule has 0 aliphatic carbocycles. The van der Waals surface area contributed by atoms with E-state index < -0.39 is 11.6 Å². The number of hydrogen-bond donors (Lipinski definition) is 2. The van der Waals surface area contributed by atoms with Crippen molar-refractivity contribution in [3.8, 4) is 0 Å². The van der Waals surface area contributed by atoms with Gasteiger partial charge in [0.15, 0.2) is 16.7 Å². The smallest absolute Gasteiger partial charge is 0.170 e. The summed E-state index contributed by atoms with van der Waals surface area (Å²) >= 11 is 7.97. The van der Waals surface area contributed by atoms with Gasteiger partial charge in [-0.05, 0) is 37.7 Å². The minimum atomic E-state index is -0.703. The van der Waals surface area contributed by atoms with E-state index in [0.29, 0.717) is 24.2 Å². The monoisotopic (exact) mass is 352 g/mol. The van der Waals surface area contributed by atoms with Gasteiger partial charge in [-0.3, -0.25) is 0 Å². The molecule has 0 saturated carbocycles. The van der Waals surface area contributed by atoms with E-state index in [1.165, 1.54) is 12.1 Å². The lowest BCUT2D eigenvalue weighted by Gasteiger charge is -2.12. The third kappa shape index (κ3) is 5.80. The van der Waals surface area contributed by atoms with Crippen LogP contribution in [0.1, 0.15) is 13.3 Å². The minimum Gasteiger partial charge on any atom is -0.382 e. The topological polar surface area (TPSA) is 33.3 Å². The minimum absolute atomic E-state index is 0.177. The first-order chi connectivity index (χ1) is 9.04. The van der Waals surface area contributed by atoms with Crippen LogP contribution in [-0.4, -0.2) is 24.9 Å². The van der Waals surface area contributed by atoms with Crippen molar-refractivity contribution in [3.05, 3.63) is 28.2 Å². The zero-order chi connectivity index (χ0) is 14.3. The summed E-state index contributed by atoms with van der Waals surface area (Å²) in [5, 5.41) is 5.54. The maximum Gasteiger partial charge on any atom is 0.170 e. The summed E-state index contributed by atoms with van der Waals surface area (Å²) < 4.78 is 32.5. The third-order valence-corrected chi connectivity index (χ3v) is 2.90. The van der Waals surface area contributed by atoms with Crippen molar-refractivity contribution in [1.82, 2.24) is 5.32 Å². The highest BCUT2D eigenvalue weighted by molar-refractivity contribution is 9.10. The van der Waals surface area contributed by atoms with Crippen LogP contribution in [0, 0.1) is 11.6 Å². The fraction of sp³-hybridized carbons (Fsp3) is 0.417. The Hall–Kier alpha value is -0.790. The lowest BCUT2D eigenvalue weighted by atomic mass is 10.3. The molecule has 1 aromatic rings. The molecule has 19 heavy (non-hydrogen) atoms. The number of ether oxygens (including phenoxy) is 1. The Morgan fingerprint density at radius 3 is 2.58 bits per heavy atom. The van der Waals surface area contributed by atoms with Gasteiger partial charge in [0.2, 0.25) is 0 Å². The van der Waals surface area contributed by atoms with Crippen molar-refractivity contribution in [1.29, 1.82) is 0 Å². The average molecular weight is 353 g/mol. The first-order valence-electron chi connectivity index (χ1n) is 5.81. The second-order valence-electron chi connectivity index (χ2n) is 3.68. The van der Waals surface area contributed by atoms with Crippen LogP contribution in [0.5, 0.6) is 0 Å². The van der Waals surface area contributed by atoms with Gasteiger partial charge in [-0.15, -0.1) is 0 Å². The zero-order valence-electron chi connectivity index (χ0n) is 10.4. The van der Waals surface area contributed by atoms with Crippen molar-refractivity contribution in [3.63, 3.8) is 0 Å². The van der Waals surface area contributed by atoms with Crippen LogP contribution >= 0.6 is 28.1 Å². The van der Waals surface area contributed by atoms with Crippen LogP contribution in [0.2, 0.25) is 0 Å². The quantitative estimate of drug-likeness (QED) is 0.606. The van der Waals surface area contributed by atoms with E-state index in [0.717, 1.165) is 6.42 Å². The molecule has 0 aliphatic heterocycles. The van der Waals surface area contributed by atoms with Crippen LogP contribution in [0.15, 0.2) is 16.6 Å². The van der Waals surface area contributed by atoms with Crippen molar-refractivity contribution >= 4 is 38.9 Å². The molecule has 0 amide bonds. The molecule has 0 aliphatic rings. The lowest BCUT2D eigenvalue weighted by molar-refractivity contribution is 0.146. The van der Waals surface area contributed by atoms with E-state index in [1.807, 2.05) is 6.92 Å². The Labute approximate surface area is 124 Å². The molecule has 106 valence electrons. The number of halogens is 3. The summed E-state index contributed by atoms with van der Waals surface area (Å²) in [6, 6.07) is 2.34. The van der Waals surface area contributed by atoms with E-state index in [-0.39, 0.29) is 10.8 Å². The van der Waals surface area contributed by atoms with Gasteiger partial charge < -0.3 is 15.4 Å². The molecular weight excluding hydrogens is 338 g/mol. The maximum atomic E-state index is 13.5. The Kier molecular flexibility index (Phi) is 7.19. The molecular formula is C12H15BrF2N2OS. The van der Waals surface area contributed by atoms with Gasteiger partial charge in [-0.1, -0.05) is 15.9 Å². The van der Waals surface area contributed by atoms with Gasteiger partial charge in [-0.2, -0.15) is 0 Å². The second kappa shape index (κ2) is 8.39. The largest absolute Gasteiger partial charge is 0.382 e. The summed E-state index contributed by atoms with van der Waals surface area (Å²) in [6.45, 7) is 3.77. The molecule has 0 saturated heterocycles. The molecule has 2 N–H and O–H groups in total. The second-order valence-corrected chi connectivity index (χ2v) is 5.00. The molecule has 0 aromatic heterocycles. The molecule has 7 heteroatoms. The highest BCUT2D eigenvalue weighted by Crippen LogP contribution is 2.23. The Morgan fingerprint density at radius 2 is 2.00 bits per heavy atom. The molecule has 1 rings (SSSR count). The van der Waals surface area contributed by atoms with Gasteiger partial charge >= 0.3 is 0 Å². The summed E-state index contributed by atoms with van der Waals surface area (Å²) in [6.07, 6.45) is 0.765. The van der Waals surface area contributed by atoms with Crippen molar-refractivity contribution in [2.45, 2.75) is 13.3 Å². The fourth-order valence-electron chi connectivity index (χ4n) is 1.34. The van der Waals surface area contributed by atoms with E-state index >= 15 is 0 Å². The van der Waals surface area contributed by atoms with Crippen LogP contribution in [-0.2, 0) is 4.74 Å². The number of anilines is 1. The first-order valence-corrected chi connectivity index (χ1v) is 7.02.